The van der Waals surface area contributed by atoms with Crippen molar-refractivity contribution in [3.05, 3.63) is 59.9 Å². The molecule has 0 spiro atoms. The molecule has 2 rings (SSSR count). The van der Waals surface area contributed by atoms with E-state index in [1.807, 2.05) is 0 Å². The normalized spacial score (nSPS) is 11.7. The number of hydrogen-bond acceptors (Lipinski definition) is 5. The minimum atomic E-state index is -4.59. The Balaban J connectivity index is 2.14. The molecule has 0 saturated heterocycles. The lowest BCUT2D eigenvalue weighted by atomic mass is 10.1. The van der Waals surface area contributed by atoms with E-state index in [0.29, 0.717) is 29.2 Å². The third kappa shape index (κ3) is 6.82. The van der Waals surface area contributed by atoms with Gasteiger partial charge in [-0.2, -0.15) is 13.2 Å². The van der Waals surface area contributed by atoms with E-state index in [1.54, 1.807) is 18.3 Å². The molecule has 2 aromatic carbocycles. The quantitative estimate of drug-likeness (QED) is 0.342. The van der Waals surface area contributed by atoms with E-state index in [4.69, 9.17) is 16.3 Å². The van der Waals surface area contributed by atoms with E-state index >= 15 is 0 Å². The van der Waals surface area contributed by atoms with E-state index in [0.717, 1.165) is 18.9 Å². The number of carbonyl (C=O) groups excluding carboxylic acids is 1. The van der Waals surface area contributed by atoms with Gasteiger partial charge in [-0.3, -0.25) is 5.01 Å². The van der Waals surface area contributed by atoms with Gasteiger partial charge in [-0.1, -0.05) is 25.5 Å². The van der Waals surface area contributed by atoms with Crippen molar-refractivity contribution in [3.8, 4) is 5.75 Å². The summed E-state index contributed by atoms with van der Waals surface area (Å²) in [6.45, 7) is 2.06. The number of carbonyl (C=O) groups is 1. The van der Waals surface area contributed by atoms with Gasteiger partial charge < -0.3 is 21.1 Å². The molecular formula is C21H26F3N5O2. The lowest BCUT2D eigenvalue weighted by molar-refractivity contribution is -0.136. The summed E-state index contributed by atoms with van der Waals surface area (Å²) in [7, 11) is 1.43. The van der Waals surface area contributed by atoms with Gasteiger partial charge in [-0.25, -0.2) is 10.6 Å². The summed E-state index contributed by atoms with van der Waals surface area (Å²) in [5.74, 6) is 6.39. The second-order valence-corrected chi connectivity index (χ2v) is 6.72. The average Bonchev–Trinajstić information content (AvgIpc) is 2.71. The molecule has 0 heterocycles. The Hall–Kier alpha value is -3.40. The Morgan fingerprint density at radius 1 is 1.19 bits per heavy atom. The maximum absolute atomic E-state index is 13.1. The number of methoxy groups -OCH3 is 1. The molecule has 6 N–H and O–H groups in total. The molecular weight excluding hydrogens is 411 g/mol. The number of anilines is 3. The molecule has 0 fully saturated rings. The number of alkyl halides is 3. The number of nitrogens with one attached hydrogen (secondary N) is 2. The van der Waals surface area contributed by atoms with Crippen LogP contribution >= 0.6 is 0 Å². The number of halogens is 3. The SMILES string of the molecule is CCCC/C(N)=C/N(N)c1ccc(NC(=O)Nc2ccccc2C(F)(F)F)cc1OC. The zero-order valence-electron chi connectivity index (χ0n) is 17.3. The number of hydrogen-bond donors (Lipinski definition) is 4. The molecule has 168 valence electrons. The molecule has 2 amide bonds. The number of benzene rings is 2. The van der Waals surface area contributed by atoms with Gasteiger partial charge in [-0.15, -0.1) is 0 Å². The second kappa shape index (κ2) is 10.6. The van der Waals surface area contributed by atoms with E-state index in [-0.39, 0.29) is 5.69 Å². The van der Waals surface area contributed by atoms with Gasteiger partial charge in [-0.05, 0) is 37.1 Å². The van der Waals surface area contributed by atoms with E-state index < -0.39 is 17.8 Å². The van der Waals surface area contributed by atoms with Gasteiger partial charge in [0.1, 0.15) is 5.75 Å². The first-order valence-electron chi connectivity index (χ1n) is 9.58. The van der Waals surface area contributed by atoms with Gasteiger partial charge in [0, 0.05) is 23.7 Å². The second-order valence-electron chi connectivity index (χ2n) is 6.72. The fourth-order valence-electron chi connectivity index (χ4n) is 2.79. The van der Waals surface area contributed by atoms with Crippen molar-refractivity contribution >= 4 is 23.1 Å². The van der Waals surface area contributed by atoms with Crippen LogP contribution in [0.25, 0.3) is 0 Å². The third-order valence-corrected chi connectivity index (χ3v) is 4.32. The fourth-order valence-corrected chi connectivity index (χ4v) is 2.79. The van der Waals surface area contributed by atoms with Crippen LogP contribution < -0.4 is 32.0 Å². The molecule has 31 heavy (non-hydrogen) atoms. The van der Waals surface area contributed by atoms with Crippen LogP contribution in [0.1, 0.15) is 31.7 Å². The maximum atomic E-state index is 13.1. The van der Waals surface area contributed by atoms with Crippen molar-refractivity contribution in [2.45, 2.75) is 32.4 Å². The number of amides is 2. The monoisotopic (exact) mass is 437 g/mol. The minimum absolute atomic E-state index is 0.305. The Labute approximate surface area is 178 Å². The van der Waals surface area contributed by atoms with Crippen LogP contribution in [0.5, 0.6) is 5.75 Å². The number of ether oxygens (including phenoxy) is 1. The van der Waals surface area contributed by atoms with Crippen molar-refractivity contribution in [3.63, 3.8) is 0 Å². The number of nitrogens with two attached hydrogens (primary N) is 2. The molecule has 0 radical (unpaired) electrons. The molecule has 7 nitrogen and oxygen atoms in total. The molecule has 0 aliphatic heterocycles. The first-order chi connectivity index (χ1) is 14.7. The number of unbranched alkanes of at least 4 members (excludes halogenated alkanes) is 1. The van der Waals surface area contributed by atoms with E-state index in [2.05, 4.69) is 17.6 Å². The summed E-state index contributed by atoms with van der Waals surface area (Å²) in [5, 5.41) is 6.01. The lowest BCUT2D eigenvalue weighted by Crippen LogP contribution is -2.26. The van der Waals surface area contributed by atoms with Crippen LogP contribution in [0.3, 0.4) is 0 Å². The van der Waals surface area contributed by atoms with Crippen LogP contribution in [0.2, 0.25) is 0 Å². The standard InChI is InChI=1S/C21H26F3N5O2/c1-3-4-7-14(25)13-29(26)18-11-10-15(12-19(18)31-2)27-20(30)28-17-9-6-5-8-16(17)21(22,23)24/h5-6,8-13H,3-4,7,25-26H2,1-2H3,(H2,27,28,30)/b14-13-. The van der Waals surface area contributed by atoms with Gasteiger partial charge in [0.2, 0.25) is 0 Å². The number of allylic oxidation sites excluding steroid dienone is 1. The van der Waals surface area contributed by atoms with Crippen molar-refractivity contribution in [2.75, 3.05) is 22.8 Å². The highest BCUT2D eigenvalue weighted by atomic mass is 19.4. The molecule has 2 aromatic rings. The van der Waals surface area contributed by atoms with Crippen LogP contribution in [0, 0.1) is 0 Å². The number of nitrogens with zero attached hydrogens (tertiary/aromatic N) is 1. The van der Waals surface area contributed by atoms with Gasteiger partial charge >= 0.3 is 12.2 Å². The summed E-state index contributed by atoms with van der Waals surface area (Å²) < 4.78 is 44.6. The number of rotatable bonds is 8. The summed E-state index contributed by atoms with van der Waals surface area (Å²) in [5.41, 5.74) is 6.07. The van der Waals surface area contributed by atoms with Crippen LogP contribution in [-0.2, 0) is 6.18 Å². The summed E-state index contributed by atoms with van der Waals surface area (Å²) >= 11 is 0. The maximum Gasteiger partial charge on any atom is 0.418 e. The Kier molecular flexibility index (Phi) is 8.14. The molecule has 0 aliphatic rings. The number of urea groups is 1. The Bertz CT molecular complexity index is 931. The van der Waals surface area contributed by atoms with Crippen molar-refractivity contribution < 1.29 is 22.7 Å². The van der Waals surface area contributed by atoms with Crippen LogP contribution in [0.15, 0.2) is 54.4 Å². The van der Waals surface area contributed by atoms with E-state index in [9.17, 15) is 18.0 Å². The van der Waals surface area contributed by atoms with E-state index in [1.165, 1.54) is 36.4 Å². The zero-order valence-corrected chi connectivity index (χ0v) is 17.3. The highest BCUT2D eigenvalue weighted by Crippen LogP contribution is 2.35. The number of para-hydroxylation sites is 1. The van der Waals surface area contributed by atoms with Gasteiger partial charge in [0.15, 0.2) is 0 Å². The first-order valence-corrected chi connectivity index (χ1v) is 9.58. The highest BCUT2D eigenvalue weighted by Gasteiger charge is 2.33. The molecule has 0 saturated carbocycles. The Morgan fingerprint density at radius 3 is 2.55 bits per heavy atom. The average molecular weight is 437 g/mol. The fraction of sp³-hybridized carbons (Fsp3) is 0.286. The van der Waals surface area contributed by atoms with Crippen LogP contribution in [0.4, 0.5) is 35.0 Å². The molecule has 0 aromatic heterocycles. The van der Waals surface area contributed by atoms with Gasteiger partial charge in [0.25, 0.3) is 0 Å². The summed E-state index contributed by atoms with van der Waals surface area (Å²) in [4.78, 5) is 12.2. The first kappa shape index (κ1) is 23.9. The Morgan fingerprint density at radius 2 is 1.90 bits per heavy atom. The molecule has 10 heteroatoms. The zero-order chi connectivity index (χ0) is 23.0. The summed E-state index contributed by atoms with van der Waals surface area (Å²) in [6.07, 6.45) is -0.375. The topological polar surface area (TPSA) is 106 Å². The van der Waals surface area contributed by atoms with Crippen molar-refractivity contribution in [2.24, 2.45) is 11.6 Å². The largest absolute Gasteiger partial charge is 0.494 e. The van der Waals surface area contributed by atoms with Crippen LogP contribution in [-0.4, -0.2) is 13.1 Å². The molecule has 0 bridgehead atoms. The highest BCUT2D eigenvalue weighted by molar-refractivity contribution is 6.00. The third-order valence-electron chi connectivity index (χ3n) is 4.32. The molecule has 0 atom stereocenters. The lowest BCUT2D eigenvalue weighted by Gasteiger charge is -2.19. The summed E-state index contributed by atoms with van der Waals surface area (Å²) in [6, 6.07) is 8.53. The van der Waals surface area contributed by atoms with Crippen molar-refractivity contribution in [1.29, 1.82) is 0 Å². The predicted molar refractivity (Wildman–Crippen MR) is 116 cm³/mol. The molecule has 0 unspecified atom stereocenters. The molecule has 0 aliphatic carbocycles. The minimum Gasteiger partial charge on any atom is -0.494 e. The number of hydrazine groups is 1. The smallest absolute Gasteiger partial charge is 0.418 e. The van der Waals surface area contributed by atoms with Gasteiger partial charge in [0.05, 0.1) is 24.0 Å². The van der Waals surface area contributed by atoms with Crippen molar-refractivity contribution in [1.82, 2.24) is 0 Å². The predicted octanol–water partition coefficient (Wildman–Crippen LogP) is 5.03.